The van der Waals surface area contributed by atoms with Crippen LogP contribution in [-0.2, 0) is 0 Å². The summed E-state index contributed by atoms with van der Waals surface area (Å²) in [7, 11) is 3.83. The van der Waals surface area contributed by atoms with Gasteiger partial charge in [-0.2, -0.15) is 0 Å². The SMILES string of the molecule is F.F.F.F.[B][N+](=O)[O-]. The average Bonchev–Trinajstić information content (AvgIpc) is 0.811. The molecule has 8 heteroatoms. The lowest BCUT2D eigenvalue weighted by Gasteiger charge is -1.63. The third kappa shape index (κ3) is 137. The summed E-state index contributed by atoms with van der Waals surface area (Å²) in [5, 5.41) is 8.58. The second kappa shape index (κ2) is 34.8. The molecule has 0 atom stereocenters. The van der Waals surface area contributed by atoms with Gasteiger partial charge in [0.15, 0.2) is 0 Å². The molecule has 0 spiro atoms. The molecule has 0 aromatic rings. The molecule has 2 radical (unpaired) electrons. The first-order valence-corrected chi connectivity index (χ1v) is 0.623. The molecule has 0 bridgehead atoms. The summed E-state index contributed by atoms with van der Waals surface area (Å²) in [4.78, 5) is 7.58. The molecule has 0 saturated heterocycles. The zero-order chi connectivity index (χ0) is 3.58. The van der Waals surface area contributed by atoms with Crippen LogP contribution in [0.1, 0.15) is 0 Å². The Morgan fingerprint density at radius 3 is 1.12 bits per heavy atom. The minimum absolute atomic E-state index is 0. The molecule has 0 aromatic carbocycles. The number of nitro groups is 1. The van der Waals surface area contributed by atoms with Gasteiger partial charge in [0, 0.05) is 0 Å². The highest BCUT2D eigenvalue weighted by atomic mass is 19.0. The fourth-order valence-corrected chi connectivity index (χ4v) is 0. The van der Waals surface area contributed by atoms with E-state index in [1.54, 1.807) is 0 Å². The zero-order valence-corrected chi connectivity index (χ0v) is 3.47. The smallest absolute Gasteiger partial charge is 0.295 e. The van der Waals surface area contributed by atoms with Crippen molar-refractivity contribution in [3.63, 3.8) is 0 Å². The Hall–Kier alpha value is -0.815. The van der Waals surface area contributed by atoms with Crippen LogP contribution in [0.2, 0.25) is 0 Å². The van der Waals surface area contributed by atoms with E-state index in [1.165, 1.54) is 0 Å². The molecular formula is H4BF4NO2. The van der Waals surface area contributed by atoms with E-state index in [0.717, 1.165) is 0 Å². The van der Waals surface area contributed by atoms with Crippen LogP contribution in [0.3, 0.4) is 0 Å². The van der Waals surface area contributed by atoms with Gasteiger partial charge in [-0.25, -0.2) is 0 Å². The van der Waals surface area contributed by atoms with Crippen LogP contribution in [-0.4, -0.2) is 12.8 Å². The van der Waals surface area contributed by atoms with E-state index < -0.39 is 4.83 Å². The predicted octanol–water partition coefficient (Wildman–Crippen LogP) is -0.0434. The molecular weight excluding hydrogens is 133 g/mol. The summed E-state index contributed by atoms with van der Waals surface area (Å²) < 4.78 is 0. The Labute approximate surface area is 43.1 Å². The number of hydrogen-bond donors (Lipinski definition) is 0. The summed E-state index contributed by atoms with van der Waals surface area (Å²) >= 11 is 0. The van der Waals surface area contributed by atoms with Gasteiger partial charge in [0.05, 0.1) is 0 Å². The van der Waals surface area contributed by atoms with Crippen LogP contribution in [0.5, 0.6) is 0 Å². The third-order valence-electron chi connectivity index (χ3n) is 0. The third-order valence-corrected chi connectivity index (χ3v) is 0. The van der Waals surface area contributed by atoms with Crippen molar-refractivity contribution in [3.8, 4) is 0 Å². The van der Waals surface area contributed by atoms with Crippen molar-refractivity contribution in [2.75, 3.05) is 0 Å². The van der Waals surface area contributed by atoms with Crippen molar-refractivity contribution in [3.05, 3.63) is 10.1 Å². The molecule has 0 aromatic heterocycles. The van der Waals surface area contributed by atoms with Crippen molar-refractivity contribution in [2.24, 2.45) is 0 Å². The Morgan fingerprint density at radius 2 is 1.12 bits per heavy atom. The first kappa shape index (κ1) is 57.6. The number of halogens is 4. The van der Waals surface area contributed by atoms with Crippen molar-refractivity contribution >= 4 is 7.98 Å². The molecule has 0 aliphatic heterocycles. The summed E-state index contributed by atoms with van der Waals surface area (Å²) in [6.45, 7) is 0. The molecule has 0 rings (SSSR count). The lowest BCUT2D eigenvalue weighted by Crippen LogP contribution is -1.83. The van der Waals surface area contributed by atoms with Crippen LogP contribution in [0.4, 0.5) is 18.8 Å². The van der Waals surface area contributed by atoms with Crippen molar-refractivity contribution < 1.29 is 23.7 Å². The lowest BCUT2D eigenvalue weighted by molar-refractivity contribution is -0.312. The fourth-order valence-electron chi connectivity index (χ4n) is 0. The number of hydrogen-bond acceptors (Lipinski definition) is 2. The Balaban J connectivity index is -0.00000000750. The molecule has 0 aliphatic rings. The van der Waals surface area contributed by atoms with Gasteiger partial charge >= 0.3 is 7.98 Å². The maximum Gasteiger partial charge on any atom is 0.655 e. The Bertz CT molecular complexity index is 37.0. The van der Waals surface area contributed by atoms with Gasteiger partial charge < -0.3 is 0 Å². The molecule has 0 amide bonds. The van der Waals surface area contributed by atoms with Crippen molar-refractivity contribution in [1.29, 1.82) is 0 Å². The van der Waals surface area contributed by atoms with Crippen molar-refractivity contribution in [2.45, 2.75) is 0 Å². The van der Waals surface area contributed by atoms with Gasteiger partial charge in [-0.15, -0.1) is 0 Å². The molecule has 0 saturated carbocycles. The highest BCUT2D eigenvalue weighted by Crippen LogP contribution is 1.36. The maximum absolute atomic E-state index is 8.58. The van der Waals surface area contributed by atoms with Gasteiger partial charge in [-0.05, 0) is 0 Å². The second-order valence-corrected chi connectivity index (χ2v) is 0.285. The molecule has 0 N–H and O–H groups in total. The summed E-state index contributed by atoms with van der Waals surface area (Å²) in [5.41, 5.74) is 0. The normalized spacial score (nSPS) is 3.00. The van der Waals surface area contributed by atoms with Gasteiger partial charge in [0.25, 0.3) is 0 Å². The number of nitrogens with zero attached hydrogens (tertiary/aromatic N) is 1. The minimum Gasteiger partial charge on any atom is -0.295 e. The average molecular weight is 137 g/mol. The van der Waals surface area contributed by atoms with Gasteiger partial charge in [-0.3, -0.25) is 28.9 Å². The van der Waals surface area contributed by atoms with Gasteiger partial charge in [-0.1, -0.05) is 4.83 Å². The molecule has 0 fully saturated rings. The van der Waals surface area contributed by atoms with E-state index >= 15 is 0 Å². The maximum atomic E-state index is 8.58. The van der Waals surface area contributed by atoms with E-state index in [9.17, 15) is 0 Å². The first-order valence-electron chi connectivity index (χ1n) is 0.623. The molecule has 0 unspecified atom stereocenters. The van der Waals surface area contributed by atoms with Crippen LogP contribution in [0.15, 0.2) is 0 Å². The number of rotatable bonds is 0. The first-order chi connectivity index (χ1) is 1.73. The second-order valence-electron chi connectivity index (χ2n) is 0.285. The lowest BCUT2D eigenvalue weighted by atomic mass is 10.5. The summed E-state index contributed by atoms with van der Waals surface area (Å²) in [5.74, 6) is 0. The van der Waals surface area contributed by atoms with Crippen molar-refractivity contribution in [1.82, 2.24) is 0 Å². The molecule has 52 valence electrons. The van der Waals surface area contributed by atoms with Crippen LogP contribution < -0.4 is 0 Å². The highest BCUT2D eigenvalue weighted by molar-refractivity contribution is 5.95. The monoisotopic (exact) mass is 137 g/mol. The Kier molecular flexibility index (Phi) is 251. The van der Waals surface area contributed by atoms with E-state index in [-0.39, 0.29) is 18.8 Å². The molecule has 0 aliphatic carbocycles. The highest BCUT2D eigenvalue weighted by Gasteiger charge is 1.68. The molecule has 0 heterocycles. The fraction of sp³-hybridized carbons (Fsp3) is 0. The van der Waals surface area contributed by atoms with Crippen LogP contribution in [0.25, 0.3) is 0 Å². The molecule has 8 heavy (non-hydrogen) atoms. The van der Waals surface area contributed by atoms with Gasteiger partial charge in [0.1, 0.15) is 0 Å². The van der Waals surface area contributed by atoms with Crippen LogP contribution in [0, 0.1) is 10.1 Å². The summed E-state index contributed by atoms with van der Waals surface area (Å²) in [6, 6.07) is 0. The molecule has 3 nitrogen and oxygen atoms in total. The summed E-state index contributed by atoms with van der Waals surface area (Å²) in [6.07, 6.45) is 0. The van der Waals surface area contributed by atoms with Crippen LogP contribution >= 0.6 is 0 Å². The quantitative estimate of drug-likeness (QED) is 0.203. The topological polar surface area (TPSA) is 43.1 Å². The standard InChI is InChI=1S/BNO2.4FH/c1-2(3)4;;;;/h;4*1H. The zero-order valence-electron chi connectivity index (χ0n) is 3.47. The largest absolute Gasteiger partial charge is 0.655 e. The Morgan fingerprint density at radius 1 is 1.12 bits per heavy atom. The van der Waals surface area contributed by atoms with E-state index in [1.807, 2.05) is 0 Å². The van der Waals surface area contributed by atoms with E-state index in [0.29, 0.717) is 0 Å². The predicted molar refractivity (Wildman–Crippen MR) is 22.8 cm³/mol. The van der Waals surface area contributed by atoms with E-state index in [4.69, 9.17) is 10.1 Å². The van der Waals surface area contributed by atoms with E-state index in [2.05, 4.69) is 7.98 Å². The van der Waals surface area contributed by atoms with Gasteiger partial charge in [0.2, 0.25) is 0 Å². The minimum atomic E-state index is -1.00.